The summed E-state index contributed by atoms with van der Waals surface area (Å²) in [6.45, 7) is 6.03. The Kier molecular flexibility index (Phi) is 3.40. The molecule has 2 N–H and O–H groups in total. The van der Waals surface area contributed by atoms with Crippen molar-refractivity contribution in [2.75, 3.05) is 19.8 Å². The van der Waals surface area contributed by atoms with E-state index in [2.05, 4.69) is 29.8 Å². The largest absolute Gasteiger partial charge is 0.486 e. The highest BCUT2D eigenvalue weighted by Gasteiger charge is 2.22. The van der Waals surface area contributed by atoms with Crippen LogP contribution < -0.4 is 15.2 Å². The lowest BCUT2D eigenvalue weighted by Crippen LogP contribution is -2.18. The average Bonchev–Trinajstić information content (AvgIpc) is 2.28. The quantitative estimate of drug-likeness (QED) is 0.908. The summed E-state index contributed by atoms with van der Waals surface area (Å²) in [5.41, 5.74) is 8.13. The van der Waals surface area contributed by atoms with Crippen LogP contribution >= 0.6 is 15.9 Å². The third kappa shape index (κ3) is 1.92. The third-order valence-electron chi connectivity index (χ3n) is 2.87. The predicted octanol–water partition coefficient (Wildman–Crippen LogP) is 2.59. The van der Waals surface area contributed by atoms with Crippen LogP contribution in [0.4, 0.5) is 0 Å². The fourth-order valence-corrected chi connectivity index (χ4v) is 3.02. The first-order valence-electron chi connectivity index (χ1n) is 5.43. The molecule has 1 aromatic carbocycles. The molecule has 1 atom stereocenters. The molecule has 1 aliphatic heterocycles. The molecular weight excluding hydrogens is 270 g/mol. The Hall–Kier alpha value is -0.740. The van der Waals surface area contributed by atoms with Crippen LogP contribution in [0.5, 0.6) is 11.5 Å². The highest BCUT2D eigenvalue weighted by molar-refractivity contribution is 9.10. The van der Waals surface area contributed by atoms with E-state index in [9.17, 15) is 0 Å². The van der Waals surface area contributed by atoms with E-state index in [1.807, 2.05) is 6.07 Å². The maximum atomic E-state index is 5.73. The summed E-state index contributed by atoms with van der Waals surface area (Å²) < 4.78 is 12.2. The van der Waals surface area contributed by atoms with Gasteiger partial charge in [-0.2, -0.15) is 0 Å². The van der Waals surface area contributed by atoms with E-state index in [1.165, 1.54) is 11.1 Å². The SMILES string of the molecule is Cc1cc2c(c(Br)c1C(C)CN)OCCO2. The van der Waals surface area contributed by atoms with E-state index in [0.29, 0.717) is 25.7 Å². The number of halogens is 1. The number of hydrogen-bond acceptors (Lipinski definition) is 3. The Balaban J connectivity index is 2.54. The molecule has 1 unspecified atom stereocenters. The normalized spacial score (nSPS) is 16.0. The molecule has 4 heteroatoms. The van der Waals surface area contributed by atoms with Gasteiger partial charge in [0.05, 0.1) is 4.47 Å². The molecule has 0 spiro atoms. The number of aryl methyl sites for hydroxylation is 1. The van der Waals surface area contributed by atoms with Gasteiger partial charge < -0.3 is 15.2 Å². The van der Waals surface area contributed by atoms with Crippen LogP contribution in [0.2, 0.25) is 0 Å². The Morgan fingerprint density at radius 1 is 1.44 bits per heavy atom. The van der Waals surface area contributed by atoms with Gasteiger partial charge >= 0.3 is 0 Å². The van der Waals surface area contributed by atoms with Crippen LogP contribution in [0.1, 0.15) is 24.0 Å². The predicted molar refractivity (Wildman–Crippen MR) is 67.3 cm³/mol. The van der Waals surface area contributed by atoms with Gasteiger partial charge in [-0.15, -0.1) is 0 Å². The molecule has 0 fully saturated rings. The summed E-state index contributed by atoms with van der Waals surface area (Å²) in [7, 11) is 0. The molecule has 1 aliphatic rings. The van der Waals surface area contributed by atoms with E-state index in [-0.39, 0.29) is 0 Å². The Labute approximate surface area is 104 Å². The molecule has 0 radical (unpaired) electrons. The number of hydrogen-bond donors (Lipinski definition) is 1. The number of ether oxygens (including phenoxy) is 2. The standard InChI is InChI=1S/C12H16BrNO2/c1-7-5-9-12(16-4-3-15-9)11(13)10(7)8(2)6-14/h5,8H,3-4,6,14H2,1-2H3. The second-order valence-corrected chi connectivity index (χ2v) is 4.88. The Morgan fingerprint density at radius 3 is 2.81 bits per heavy atom. The molecule has 0 aromatic heterocycles. The zero-order chi connectivity index (χ0) is 11.7. The minimum absolute atomic E-state index is 0.310. The lowest BCUT2D eigenvalue weighted by molar-refractivity contribution is 0.170. The first-order valence-corrected chi connectivity index (χ1v) is 6.23. The van der Waals surface area contributed by atoms with Gasteiger partial charge in [-0.25, -0.2) is 0 Å². The van der Waals surface area contributed by atoms with E-state index in [0.717, 1.165) is 16.0 Å². The first kappa shape index (κ1) is 11.7. The lowest BCUT2D eigenvalue weighted by atomic mass is 9.95. The van der Waals surface area contributed by atoms with E-state index in [4.69, 9.17) is 15.2 Å². The second-order valence-electron chi connectivity index (χ2n) is 4.08. The molecular formula is C12H16BrNO2. The lowest BCUT2D eigenvalue weighted by Gasteiger charge is -2.24. The van der Waals surface area contributed by atoms with Gasteiger partial charge in [0.25, 0.3) is 0 Å². The Morgan fingerprint density at radius 2 is 2.12 bits per heavy atom. The fourth-order valence-electron chi connectivity index (χ4n) is 2.00. The molecule has 88 valence electrons. The molecule has 1 aromatic rings. The number of fused-ring (bicyclic) bond motifs is 1. The monoisotopic (exact) mass is 285 g/mol. The Bertz CT molecular complexity index is 406. The molecule has 0 aliphatic carbocycles. The molecule has 16 heavy (non-hydrogen) atoms. The van der Waals surface area contributed by atoms with Gasteiger partial charge in [-0.1, -0.05) is 6.92 Å². The summed E-state index contributed by atoms with van der Waals surface area (Å²) >= 11 is 3.60. The maximum absolute atomic E-state index is 5.73. The van der Waals surface area contributed by atoms with Crippen molar-refractivity contribution in [3.8, 4) is 11.5 Å². The summed E-state index contributed by atoms with van der Waals surface area (Å²) in [5, 5.41) is 0. The van der Waals surface area contributed by atoms with Gasteiger partial charge in [0.1, 0.15) is 13.2 Å². The second kappa shape index (κ2) is 4.63. The number of nitrogens with two attached hydrogens (primary N) is 1. The molecule has 1 heterocycles. The maximum Gasteiger partial charge on any atom is 0.175 e. The van der Waals surface area contributed by atoms with Gasteiger partial charge in [0.15, 0.2) is 11.5 Å². The summed E-state index contributed by atoms with van der Waals surface area (Å²) in [6.07, 6.45) is 0. The van der Waals surface area contributed by atoms with Crippen LogP contribution in [0.3, 0.4) is 0 Å². The zero-order valence-corrected chi connectivity index (χ0v) is 11.1. The first-order chi connectivity index (χ1) is 7.65. The highest BCUT2D eigenvalue weighted by Crippen LogP contribution is 2.43. The molecule has 0 saturated heterocycles. The van der Waals surface area contributed by atoms with Crippen LogP contribution in [-0.4, -0.2) is 19.8 Å². The van der Waals surface area contributed by atoms with Crippen LogP contribution in [-0.2, 0) is 0 Å². The van der Waals surface area contributed by atoms with Crippen molar-refractivity contribution in [3.05, 3.63) is 21.7 Å². The van der Waals surface area contributed by atoms with Gasteiger partial charge in [0, 0.05) is 0 Å². The van der Waals surface area contributed by atoms with Crippen molar-refractivity contribution < 1.29 is 9.47 Å². The van der Waals surface area contributed by atoms with Crippen molar-refractivity contribution in [1.29, 1.82) is 0 Å². The van der Waals surface area contributed by atoms with Crippen LogP contribution in [0.15, 0.2) is 10.5 Å². The zero-order valence-electron chi connectivity index (χ0n) is 9.55. The van der Waals surface area contributed by atoms with Crippen molar-refractivity contribution in [3.63, 3.8) is 0 Å². The fraction of sp³-hybridized carbons (Fsp3) is 0.500. The summed E-state index contributed by atoms with van der Waals surface area (Å²) in [4.78, 5) is 0. The van der Waals surface area contributed by atoms with Gasteiger partial charge in [0.2, 0.25) is 0 Å². The minimum Gasteiger partial charge on any atom is -0.486 e. The van der Waals surface area contributed by atoms with Crippen molar-refractivity contribution >= 4 is 15.9 Å². The van der Waals surface area contributed by atoms with E-state index in [1.54, 1.807) is 0 Å². The molecule has 0 bridgehead atoms. The highest BCUT2D eigenvalue weighted by atomic mass is 79.9. The smallest absolute Gasteiger partial charge is 0.175 e. The van der Waals surface area contributed by atoms with Crippen molar-refractivity contribution in [2.24, 2.45) is 5.73 Å². The summed E-state index contributed by atoms with van der Waals surface area (Å²) in [5.74, 6) is 1.95. The molecule has 0 amide bonds. The molecule has 3 nitrogen and oxygen atoms in total. The van der Waals surface area contributed by atoms with Crippen molar-refractivity contribution in [2.45, 2.75) is 19.8 Å². The molecule has 2 rings (SSSR count). The van der Waals surface area contributed by atoms with Gasteiger partial charge in [-0.05, 0) is 52.5 Å². The van der Waals surface area contributed by atoms with E-state index >= 15 is 0 Å². The number of rotatable bonds is 2. The van der Waals surface area contributed by atoms with Gasteiger partial charge in [-0.3, -0.25) is 0 Å². The van der Waals surface area contributed by atoms with E-state index < -0.39 is 0 Å². The minimum atomic E-state index is 0.310. The van der Waals surface area contributed by atoms with Crippen LogP contribution in [0, 0.1) is 6.92 Å². The summed E-state index contributed by atoms with van der Waals surface area (Å²) in [6, 6.07) is 2.03. The third-order valence-corrected chi connectivity index (χ3v) is 3.65. The topological polar surface area (TPSA) is 44.5 Å². The van der Waals surface area contributed by atoms with Crippen LogP contribution in [0.25, 0.3) is 0 Å². The van der Waals surface area contributed by atoms with Crippen molar-refractivity contribution in [1.82, 2.24) is 0 Å². The molecule has 0 saturated carbocycles. The average molecular weight is 286 g/mol. The number of benzene rings is 1.